The van der Waals surface area contributed by atoms with Crippen LogP contribution in [-0.2, 0) is 5.33 Å². The molecule has 0 aliphatic rings. The fourth-order valence-electron chi connectivity index (χ4n) is 1.21. The Bertz CT molecular complexity index is 452. The van der Waals surface area contributed by atoms with E-state index in [4.69, 9.17) is 0 Å². The quantitative estimate of drug-likeness (QED) is 0.593. The molecule has 0 unspecified atom stereocenters. The van der Waals surface area contributed by atoms with Crippen LogP contribution < -0.4 is 0 Å². The molecule has 0 aliphatic carbocycles. The first-order valence-electron chi connectivity index (χ1n) is 3.67. The van der Waals surface area contributed by atoms with Crippen molar-refractivity contribution in [2.24, 2.45) is 0 Å². The van der Waals surface area contributed by atoms with Crippen LogP contribution in [0.5, 0.6) is 5.75 Å². The van der Waals surface area contributed by atoms with Crippen LogP contribution in [0, 0.1) is 3.57 Å². The zero-order valence-electron chi connectivity index (χ0n) is 6.55. The van der Waals surface area contributed by atoms with Crippen molar-refractivity contribution < 1.29 is 5.11 Å². The highest BCUT2D eigenvalue weighted by Crippen LogP contribution is 2.35. The molecule has 1 N–H and O–H groups in total. The van der Waals surface area contributed by atoms with Crippen molar-refractivity contribution in [3.8, 4) is 5.75 Å². The van der Waals surface area contributed by atoms with Gasteiger partial charge in [0.05, 0.1) is 8.27 Å². The summed E-state index contributed by atoms with van der Waals surface area (Å²) in [6.07, 6.45) is 0. The Labute approximate surface area is 102 Å². The van der Waals surface area contributed by atoms with Crippen LogP contribution in [0.15, 0.2) is 17.5 Å². The van der Waals surface area contributed by atoms with E-state index in [-0.39, 0.29) is 0 Å². The second-order valence-corrected chi connectivity index (χ2v) is 5.19. The average Bonchev–Trinajstić information content (AvgIpc) is 2.55. The smallest absolute Gasteiger partial charge is 0.130 e. The lowest BCUT2D eigenvalue weighted by Gasteiger charge is -1.98. The van der Waals surface area contributed by atoms with Gasteiger partial charge in [0, 0.05) is 5.33 Å². The standard InChI is InChI=1S/C9H6BrIOS/c10-3-5-4-13-9-6(5)1-2-7(12)8(9)11/h1-2,4,12H,3H2. The van der Waals surface area contributed by atoms with E-state index >= 15 is 0 Å². The average molecular weight is 369 g/mol. The normalized spacial score (nSPS) is 10.9. The molecule has 1 heterocycles. The van der Waals surface area contributed by atoms with Gasteiger partial charge >= 0.3 is 0 Å². The Kier molecular flexibility index (Phi) is 2.80. The summed E-state index contributed by atoms with van der Waals surface area (Å²) in [4.78, 5) is 0. The third-order valence-corrected chi connectivity index (χ3v) is 5.01. The summed E-state index contributed by atoms with van der Waals surface area (Å²) in [5.74, 6) is 0.371. The molecular formula is C9H6BrIOS. The lowest BCUT2D eigenvalue weighted by Crippen LogP contribution is -1.76. The molecule has 0 aliphatic heterocycles. The van der Waals surface area contributed by atoms with E-state index in [9.17, 15) is 5.11 Å². The summed E-state index contributed by atoms with van der Waals surface area (Å²) in [6.45, 7) is 0. The minimum absolute atomic E-state index is 0.371. The molecule has 2 rings (SSSR count). The van der Waals surface area contributed by atoms with Gasteiger partial charge in [-0.05, 0) is 51.1 Å². The van der Waals surface area contributed by atoms with Crippen molar-refractivity contribution in [1.82, 2.24) is 0 Å². The van der Waals surface area contributed by atoms with Gasteiger partial charge in [0.15, 0.2) is 0 Å². The first kappa shape index (κ1) is 9.73. The van der Waals surface area contributed by atoms with E-state index in [0.29, 0.717) is 5.75 Å². The fourth-order valence-corrected chi connectivity index (χ4v) is 3.75. The number of hydrogen-bond donors (Lipinski definition) is 1. The van der Waals surface area contributed by atoms with Crippen molar-refractivity contribution in [2.75, 3.05) is 0 Å². The summed E-state index contributed by atoms with van der Waals surface area (Å²) in [6, 6.07) is 3.73. The molecule has 0 bridgehead atoms. The second kappa shape index (κ2) is 3.74. The highest BCUT2D eigenvalue weighted by atomic mass is 127. The van der Waals surface area contributed by atoms with Gasteiger partial charge in [-0.3, -0.25) is 0 Å². The predicted octanol–water partition coefficient (Wildman–Crippen LogP) is 4.11. The van der Waals surface area contributed by atoms with Gasteiger partial charge in [-0.25, -0.2) is 0 Å². The van der Waals surface area contributed by atoms with Gasteiger partial charge < -0.3 is 5.11 Å². The second-order valence-electron chi connectivity index (χ2n) is 2.67. The Morgan fingerprint density at radius 1 is 1.46 bits per heavy atom. The van der Waals surface area contributed by atoms with E-state index in [1.165, 1.54) is 15.6 Å². The molecule has 0 amide bonds. The lowest BCUT2D eigenvalue weighted by molar-refractivity contribution is 0.472. The van der Waals surface area contributed by atoms with Crippen molar-refractivity contribution in [2.45, 2.75) is 5.33 Å². The van der Waals surface area contributed by atoms with Crippen LogP contribution >= 0.6 is 49.9 Å². The van der Waals surface area contributed by atoms with Crippen molar-refractivity contribution in [3.63, 3.8) is 0 Å². The number of hydrogen-bond acceptors (Lipinski definition) is 2. The van der Waals surface area contributed by atoms with Gasteiger partial charge in [0.2, 0.25) is 0 Å². The minimum Gasteiger partial charge on any atom is -0.507 e. The number of alkyl halides is 1. The van der Waals surface area contributed by atoms with Crippen LogP contribution in [0.25, 0.3) is 10.1 Å². The molecule has 2 aromatic rings. The highest BCUT2D eigenvalue weighted by molar-refractivity contribution is 14.1. The van der Waals surface area contributed by atoms with Crippen LogP contribution in [0.3, 0.4) is 0 Å². The van der Waals surface area contributed by atoms with Crippen LogP contribution in [-0.4, -0.2) is 5.11 Å². The molecule has 1 aromatic carbocycles. The SMILES string of the molecule is Oc1ccc2c(CBr)csc2c1I. The third kappa shape index (κ3) is 1.59. The number of thiophene rings is 1. The summed E-state index contributed by atoms with van der Waals surface area (Å²) >= 11 is 7.30. The number of phenols is 1. The number of aromatic hydroxyl groups is 1. The number of fused-ring (bicyclic) bond motifs is 1. The maximum Gasteiger partial charge on any atom is 0.130 e. The molecule has 0 atom stereocenters. The van der Waals surface area contributed by atoms with E-state index in [1.54, 1.807) is 17.4 Å². The van der Waals surface area contributed by atoms with E-state index < -0.39 is 0 Å². The molecule has 0 fully saturated rings. The summed E-state index contributed by atoms with van der Waals surface area (Å²) < 4.78 is 2.13. The fraction of sp³-hybridized carbons (Fsp3) is 0.111. The number of halogens is 2. The monoisotopic (exact) mass is 368 g/mol. The van der Waals surface area contributed by atoms with Gasteiger partial charge in [-0.15, -0.1) is 11.3 Å². The summed E-state index contributed by atoms with van der Waals surface area (Å²) in [5, 5.41) is 13.7. The van der Waals surface area contributed by atoms with Gasteiger partial charge in [0.1, 0.15) is 5.75 Å². The van der Waals surface area contributed by atoms with Crippen LogP contribution in [0.2, 0.25) is 0 Å². The summed E-state index contributed by atoms with van der Waals surface area (Å²) in [7, 11) is 0. The first-order valence-corrected chi connectivity index (χ1v) is 6.75. The van der Waals surface area contributed by atoms with Gasteiger partial charge in [0.25, 0.3) is 0 Å². The molecule has 13 heavy (non-hydrogen) atoms. The number of phenolic OH excluding ortho intramolecular Hbond substituents is 1. The van der Waals surface area contributed by atoms with E-state index in [0.717, 1.165) is 8.90 Å². The van der Waals surface area contributed by atoms with Gasteiger partial charge in [-0.2, -0.15) is 0 Å². The van der Waals surface area contributed by atoms with Crippen molar-refractivity contribution >= 4 is 59.9 Å². The predicted molar refractivity (Wildman–Crippen MR) is 68.8 cm³/mol. The molecule has 0 radical (unpaired) electrons. The Balaban J connectivity index is 2.81. The Morgan fingerprint density at radius 3 is 2.92 bits per heavy atom. The molecule has 1 aromatic heterocycles. The van der Waals surface area contributed by atoms with Crippen LogP contribution in [0.4, 0.5) is 0 Å². The summed E-state index contributed by atoms with van der Waals surface area (Å²) in [5.41, 5.74) is 1.29. The van der Waals surface area contributed by atoms with E-state index in [2.05, 4.69) is 43.9 Å². The zero-order valence-corrected chi connectivity index (χ0v) is 11.1. The maximum atomic E-state index is 9.49. The van der Waals surface area contributed by atoms with Crippen molar-refractivity contribution in [3.05, 3.63) is 26.6 Å². The van der Waals surface area contributed by atoms with Gasteiger partial charge in [-0.1, -0.05) is 15.9 Å². The molecule has 1 nitrogen and oxygen atoms in total. The molecular weight excluding hydrogens is 363 g/mol. The number of rotatable bonds is 1. The molecule has 4 heteroatoms. The topological polar surface area (TPSA) is 20.2 Å². The zero-order chi connectivity index (χ0) is 9.42. The molecule has 0 saturated heterocycles. The lowest BCUT2D eigenvalue weighted by atomic mass is 10.2. The maximum absolute atomic E-state index is 9.49. The minimum atomic E-state index is 0.371. The first-order chi connectivity index (χ1) is 6.24. The largest absolute Gasteiger partial charge is 0.507 e. The number of benzene rings is 1. The van der Waals surface area contributed by atoms with Crippen molar-refractivity contribution in [1.29, 1.82) is 0 Å². The third-order valence-electron chi connectivity index (χ3n) is 1.89. The molecule has 68 valence electrons. The van der Waals surface area contributed by atoms with Crippen LogP contribution in [0.1, 0.15) is 5.56 Å². The Hall–Kier alpha value is 0.190. The molecule has 0 saturated carbocycles. The van der Waals surface area contributed by atoms with E-state index in [1.807, 2.05) is 6.07 Å². The highest BCUT2D eigenvalue weighted by Gasteiger charge is 2.08. The molecule has 0 spiro atoms. The Morgan fingerprint density at radius 2 is 2.23 bits per heavy atom.